The molecule has 2 aromatic rings. The van der Waals surface area contributed by atoms with Crippen LogP contribution in [0.15, 0.2) is 48.5 Å². The maximum absolute atomic E-state index is 13.1. The van der Waals surface area contributed by atoms with Gasteiger partial charge in [-0.25, -0.2) is 4.79 Å². The third-order valence-corrected chi connectivity index (χ3v) is 5.86. The minimum Gasteiger partial charge on any atom is -0.493 e. The number of ether oxygens (including phenoxy) is 2. The summed E-state index contributed by atoms with van der Waals surface area (Å²) < 4.78 is 10.6. The molecule has 0 spiro atoms. The molecule has 2 aromatic carbocycles. The number of urea groups is 1. The molecule has 0 bridgehead atoms. The van der Waals surface area contributed by atoms with E-state index in [2.05, 4.69) is 17.6 Å². The monoisotopic (exact) mass is 439 g/mol. The summed E-state index contributed by atoms with van der Waals surface area (Å²) in [5.74, 6) is 0.758. The van der Waals surface area contributed by atoms with Crippen LogP contribution in [0.4, 0.5) is 10.5 Å². The molecule has 2 N–H and O–H groups in total. The van der Waals surface area contributed by atoms with Crippen molar-refractivity contribution < 1.29 is 19.1 Å². The van der Waals surface area contributed by atoms with Crippen LogP contribution in [0.3, 0.4) is 0 Å². The number of amides is 3. The van der Waals surface area contributed by atoms with Crippen LogP contribution in [0.5, 0.6) is 11.5 Å². The SMILES string of the molecule is CCCCNC(=O)N1CC(C(=O)Nc2ccc(OC)c(OC)c2)CCC1c1ccccc1. The number of nitrogens with one attached hydrogen (secondary N) is 2. The topological polar surface area (TPSA) is 79.9 Å². The zero-order valence-electron chi connectivity index (χ0n) is 19.1. The van der Waals surface area contributed by atoms with Gasteiger partial charge in [-0.2, -0.15) is 0 Å². The number of rotatable bonds is 8. The van der Waals surface area contributed by atoms with Crippen LogP contribution in [0, 0.1) is 5.92 Å². The van der Waals surface area contributed by atoms with Crippen molar-refractivity contribution in [2.24, 2.45) is 5.92 Å². The maximum Gasteiger partial charge on any atom is 0.317 e. The molecule has 1 heterocycles. The number of carbonyl (C=O) groups is 2. The summed E-state index contributed by atoms with van der Waals surface area (Å²) in [5, 5.41) is 5.99. The minimum absolute atomic E-state index is 0.0389. The summed E-state index contributed by atoms with van der Waals surface area (Å²) in [5.41, 5.74) is 1.73. The fraction of sp³-hybridized carbons (Fsp3) is 0.440. The highest BCUT2D eigenvalue weighted by Crippen LogP contribution is 2.35. The van der Waals surface area contributed by atoms with Crippen LogP contribution in [-0.4, -0.2) is 44.1 Å². The van der Waals surface area contributed by atoms with Crippen LogP contribution in [0.1, 0.15) is 44.2 Å². The van der Waals surface area contributed by atoms with Crippen molar-refractivity contribution in [3.63, 3.8) is 0 Å². The number of hydrogen-bond acceptors (Lipinski definition) is 4. The highest BCUT2D eigenvalue weighted by molar-refractivity contribution is 5.93. The Hall–Kier alpha value is -3.22. The summed E-state index contributed by atoms with van der Waals surface area (Å²) >= 11 is 0. The predicted octanol–water partition coefficient (Wildman–Crippen LogP) is 4.61. The highest BCUT2D eigenvalue weighted by atomic mass is 16.5. The second-order valence-electron chi connectivity index (χ2n) is 8.00. The van der Waals surface area contributed by atoms with Gasteiger partial charge in [-0.15, -0.1) is 0 Å². The molecule has 172 valence electrons. The smallest absolute Gasteiger partial charge is 0.317 e. The molecular weight excluding hydrogens is 406 g/mol. The van der Waals surface area contributed by atoms with E-state index in [1.54, 1.807) is 32.4 Å². The van der Waals surface area contributed by atoms with E-state index < -0.39 is 0 Å². The Labute approximate surface area is 190 Å². The van der Waals surface area contributed by atoms with Crippen molar-refractivity contribution in [2.75, 3.05) is 32.6 Å². The maximum atomic E-state index is 13.1. The van der Waals surface area contributed by atoms with E-state index in [0.717, 1.165) is 24.8 Å². The van der Waals surface area contributed by atoms with Gasteiger partial charge in [0.1, 0.15) is 0 Å². The van der Waals surface area contributed by atoms with Crippen LogP contribution in [0.2, 0.25) is 0 Å². The zero-order valence-corrected chi connectivity index (χ0v) is 19.1. The van der Waals surface area contributed by atoms with Crippen molar-refractivity contribution in [3.05, 3.63) is 54.1 Å². The van der Waals surface area contributed by atoms with E-state index in [-0.39, 0.29) is 23.9 Å². The third kappa shape index (κ3) is 5.72. The molecule has 7 nitrogen and oxygen atoms in total. The van der Waals surface area contributed by atoms with Gasteiger partial charge in [0.25, 0.3) is 0 Å². The van der Waals surface area contributed by atoms with E-state index >= 15 is 0 Å². The third-order valence-electron chi connectivity index (χ3n) is 5.86. The number of hydrogen-bond donors (Lipinski definition) is 2. The summed E-state index contributed by atoms with van der Waals surface area (Å²) in [7, 11) is 3.13. The van der Waals surface area contributed by atoms with Gasteiger partial charge in [-0.1, -0.05) is 43.7 Å². The molecule has 3 rings (SSSR count). The molecule has 1 fully saturated rings. The highest BCUT2D eigenvalue weighted by Gasteiger charge is 2.35. The lowest BCUT2D eigenvalue weighted by atomic mass is 9.88. The van der Waals surface area contributed by atoms with Gasteiger partial charge in [0.2, 0.25) is 5.91 Å². The Morgan fingerprint density at radius 3 is 2.47 bits per heavy atom. The summed E-state index contributed by atoms with van der Waals surface area (Å²) in [6, 6.07) is 15.1. The first-order chi connectivity index (χ1) is 15.6. The first kappa shape index (κ1) is 23.4. The van der Waals surface area contributed by atoms with E-state index in [0.29, 0.717) is 36.7 Å². The molecule has 3 amide bonds. The van der Waals surface area contributed by atoms with Crippen molar-refractivity contribution in [1.82, 2.24) is 10.2 Å². The molecule has 7 heteroatoms. The summed E-state index contributed by atoms with van der Waals surface area (Å²) in [6.07, 6.45) is 3.38. The van der Waals surface area contributed by atoms with Crippen LogP contribution in [0.25, 0.3) is 0 Å². The molecule has 0 aliphatic carbocycles. The van der Waals surface area contributed by atoms with Crippen molar-refractivity contribution >= 4 is 17.6 Å². The van der Waals surface area contributed by atoms with Gasteiger partial charge >= 0.3 is 6.03 Å². The molecule has 0 saturated carbocycles. The van der Waals surface area contributed by atoms with Gasteiger partial charge in [0, 0.05) is 24.8 Å². The predicted molar refractivity (Wildman–Crippen MR) is 125 cm³/mol. The Morgan fingerprint density at radius 2 is 1.78 bits per heavy atom. The molecule has 32 heavy (non-hydrogen) atoms. The standard InChI is InChI=1S/C25H33N3O4/c1-4-5-15-26-25(30)28-17-19(11-13-21(28)18-9-7-6-8-10-18)24(29)27-20-12-14-22(31-2)23(16-20)32-3/h6-10,12,14,16,19,21H,4-5,11,13,15,17H2,1-3H3,(H,26,30)(H,27,29). The first-order valence-corrected chi connectivity index (χ1v) is 11.2. The lowest BCUT2D eigenvalue weighted by molar-refractivity contribution is -0.121. The summed E-state index contributed by atoms with van der Waals surface area (Å²) in [4.78, 5) is 27.9. The lowest BCUT2D eigenvalue weighted by Crippen LogP contribution is -2.49. The van der Waals surface area contributed by atoms with Gasteiger partial charge < -0.3 is 25.0 Å². The van der Waals surface area contributed by atoms with Crippen molar-refractivity contribution in [2.45, 2.75) is 38.6 Å². The van der Waals surface area contributed by atoms with E-state index in [1.165, 1.54) is 0 Å². The van der Waals surface area contributed by atoms with Gasteiger partial charge in [-0.05, 0) is 37.0 Å². The number of anilines is 1. The summed E-state index contributed by atoms with van der Waals surface area (Å²) in [6.45, 7) is 3.10. The number of piperidine rings is 1. The average Bonchev–Trinajstić information content (AvgIpc) is 2.84. The Balaban J connectivity index is 1.72. The number of benzene rings is 2. The fourth-order valence-electron chi connectivity index (χ4n) is 4.06. The number of methoxy groups -OCH3 is 2. The zero-order chi connectivity index (χ0) is 22.9. The van der Waals surface area contributed by atoms with Crippen LogP contribution in [-0.2, 0) is 4.79 Å². The number of nitrogens with zero attached hydrogens (tertiary/aromatic N) is 1. The second-order valence-corrected chi connectivity index (χ2v) is 8.00. The second kappa shape index (κ2) is 11.4. The number of unbranched alkanes of at least 4 members (excludes halogenated alkanes) is 1. The fourth-order valence-corrected chi connectivity index (χ4v) is 4.06. The van der Waals surface area contributed by atoms with Gasteiger partial charge in [-0.3, -0.25) is 4.79 Å². The molecule has 1 saturated heterocycles. The Kier molecular flexibility index (Phi) is 8.36. The normalized spacial score (nSPS) is 18.0. The number of carbonyl (C=O) groups excluding carboxylic acids is 2. The van der Waals surface area contributed by atoms with Crippen molar-refractivity contribution in [3.8, 4) is 11.5 Å². The molecule has 2 atom stereocenters. The molecule has 1 aliphatic rings. The van der Waals surface area contributed by atoms with Gasteiger partial charge in [0.05, 0.1) is 26.2 Å². The molecular formula is C25H33N3O4. The van der Waals surface area contributed by atoms with E-state index in [1.807, 2.05) is 35.2 Å². The van der Waals surface area contributed by atoms with Crippen molar-refractivity contribution in [1.29, 1.82) is 0 Å². The first-order valence-electron chi connectivity index (χ1n) is 11.2. The van der Waals surface area contributed by atoms with Crippen LogP contribution >= 0.6 is 0 Å². The van der Waals surface area contributed by atoms with Gasteiger partial charge in [0.15, 0.2) is 11.5 Å². The quantitative estimate of drug-likeness (QED) is 0.589. The molecule has 0 aromatic heterocycles. The molecule has 0 radical (unpaired) electrons. The lowest BCUT2D eigenvalue weighted by Gasteiger charge is -2.39. The average molecular weight is 440 g/mol. The van der Waals surface area contributed by atoms with E-state index in [9.17, 15) is 9.59 Å². The minimum atomic E-state index is -0.292. The molecule has 1 aliphatic heterocycles. The van der Waals surface area contributed by atoms with Crippen LogP contribution < -0.4 is 20.1 Å². The largest absolute Gasteiger partial charge is 0.493 e. The number of likely N-dealkylation sites (tertiary alicyclic amines) is 1. The molecule has 2 unspecified atom stereocenters. The Morgan fingerprint density at radius 1 is 1.03 bits per heavy atom. The Bertz CT molecular complexity index is 903. The van der Waals surface area contributed by atoms with E-state index in [4.69, 9.17) is 9.47 Å².